The fraction of sp³-hybridized carbons (Fsp3) is 0.130. The summed E-state index contributed by atoms with van der Waals surface area (Å²) in [5.41, 5.74) is 3.56. The number of hydrogen-bond acceptors (Lipinski definition) is 2. The number of benzene rings is 3. The second kappa shape index (κ2) is 8.16. The number of nitrogens with one attached hydrogen (secondary N) is 2. The largest absolute Gasteiger partial charge is 0.323 e. The average Bonchev–Trinajstić information content (AvgIpc) is 2.98. The predicted octanol–water partition coefficient (Wildman–Crippen LogP) is 6.14. The van der Waals surface area contributed by atoms with Gasteiger partial charge >= 0.3 is 6.03 Å². The van der Waals surface area contributed by atoms with Crippen LogP contribution in [-0.2, 0) is 6.54 Å². The summed E-state index contributed by atoms with van der Waals surface area (Å²) in [6.45, 7) is 4.06. The van der Waals surface area contributed by atoms with Crippen LogP contribution in [0.2, 0.25) is 5.02 Å². The molecule has 1 aromatic heterocycles. The molecule has 2 amide bonds. The molecule has 3 aromatic carbocycles. The number of anilines is 2. The van der Waals surface area contributed by atoms with E-state index in [-0.39, 0.29) is 11.8 Å². The van der Waals surface area contributed by atoms with Gasteiger partial charge in [0.25, 0.3) is 0 Å². The molecule has 30 heavy (non-hydrogen) atoms. The first-order chi connectivity index (χ1) is 14.4. The standard InChI is InChI=1S/C23H20ClFN4O/c1-14-22(15(2)29(28-14)13-17-10-11-18(25)12-20(17)24)27-23(30)26-21-9-5-7-16-6-3-4-8-19(16)21/h3-12H,13H2,1-2H3,(H2,26,27,30). The quantitative estimate of drug-likeness (QED) is 0.415. The minimum absolute atomic E-state index is 0.339. The van der Waals surface area contributed by atoms with Crippen LogP contribution in [0.15, 0.2) is 60.7 Å². The van der Waals surface area contributed by atoms with Crippen LogP contribution >= 0.6 is 11.6 Å². The molecule has 0 saturated carbocycles. The van der Waals surface area contributed by atoms with Crippen LogP contribution in [0.1, 0.15) is 17.0 Å². The number of aromatic nitrogens is 2. The van der Waals surface area contributed by atoms with Crippen molar-refractivity contribution in [3.63, 3.8) is 0 Å². The van der Waals surface area contributed by atoms with E-state index in [4.69, 9.17) is 11.6 Å². The van der Waals surface area contributed by atoms with Crippen LogP contribution in [0.4, 0.5) is 20.6 Å². The topological polar surface area (TPSA) is 59.0 Å². The highest BCUT2D eigenvalue weighted by Crippen LogP contribution is 2.25. The van der Waals surface area contributed by atoms with E-state index in [2.05, 4.69) is 15.7 Å². The fourth-order valence-corrected chi connectivity index (χ4v) is 3.67. The van der Waals surface area contributed by atoms with Gasteiger partial charge in [-0.25, -0.2) is 9.18 Å². The summed E-state index contributed by atoms with van der Waals surface area (Å²) in [5, 5.41) is 12.7. The SMILES string of the molecule is Cc1nn(Cc2ccc(F)cc2Cl)c(C)c1NC(=O)Nc1cccc2ccccc12. The van der Waals surface area contributed by atoms with Gasteiger partial charge in [0.05, 0.1) is 29.3 Å². The van der Waals surface area contributed by atoms with Gasteiger partial charge in [0, 0.05) is 10.4 Å². The van der Waals surface area contributed by atoms with Crippen molar-refractivity contribution in [2.75, 3.05) is 10.6 Å². The first-order valence-electron chi connectivity index (χ1n) is 9.46. The average molecular weight is 423 g/mol. The molecule has 2 N–H and O–H groups in total. The van der Waals surface area contributed by atoms with E-state index < -0.39 is 0 Å². The van der Waals surface area contributed by atoms with Crippen molar-refractivity contribution in [3.8, 4) is 0 Å². The van der Waals surface area contributed by atoms with Gasteiger partial charge in [0.1, 0.15) is 5.82 Å². The molecule has 0 fully saturated rings. The van der Waals surface area contributed by atoms with Crippen molar-refractivity contribution in [2.24, 2.45) is 0 Å². The van der Waals surface area contributed by atoms with Gasteiger partial charge < -0.3 is 10.6 Å². The lowest BCUT2D eigenvalue weighted by Crippen LogP contribution is -2.20. The molecule has 0 saturated heterocycles. The first kappa shape index (κ1) is 19.9. The Morgan fingerprint density at radius 3 is 2.63 bits per heavy atom. The molecule has 4 rings (SSSR count). The summed E-state index contributed by atoms with van der Waals surface area (Å²) >= 11 is 6.14. The highest BCUT2D eigenvalue weighted by molar-refractivity contribution is 6.31. The Hall–Kier alpha value is -3.38. The van der Waals surface area contributed by atoms with Gasteiger partial charge in [-0.2, -0.15) is 5.10 Å². The summed E-state index contributed by atoms with van der Waals surface area (Å²) in [6, 6.07) is 17.5. The Balaban J connectivity index is 1.54. The Morgan fingerprint density at radius 1 is 1.07 bits per heavy atom. The lowest BCUT2D eigenvalue weighted by Gasteiger charge is -2.11. The number of carbonyl (C=O) groups excluding carboxylic acids is 1. The van der Waals surface area contributed by atoms with E-state index in [9.17, 15) is 9.18 Å². The molecule has 152 valence electrons. The van der Waals surface area contributed by atoms with Gasteiger partial charge in [-0.15, -0.1) is 0 Å². The van der Waals surface area contributed by atoms with Gasteiger partial charge in [0.15, 0.2) is 0 Å². The van der Waals surface area contributed by atoms with Crippen molar-refractivity contribution in [2.45, 2.75) is 20.4 Å². The van der Waals surface area contributed by atoms with E-state index in [1.165, 1.54) is 12.1 Å². The predicted molar refractivity (Wildman–Crippen MR) is 119 cm³/mol. The number of fused-ring (bicyclic) bond motifs is 1. The van der Waals surface area contributed by atoms with Gasteiger partial charge in [-0.05, 0) is 43.0 Å². The van der Waals surface area contributed by atoms with Crippen LogP contribution in [0.3, 0.4) is 0 Å². The van der Waals surface area contributed by atoms with E-state index in [0.29, 0.717) is 22.9 Å². The highest BCUT2D eigenvalue weighted by Gasteiger charge is 2.16. The third-order valence-electron chi connectivity index (χ3n) is 4.99. The van der Waals surface area contributed by atoms with Gasteiger partial charge in [-0.1, -0.05) is 54.1 Å². The molecule has 0 aliphatic rings. The van der Waals surface area contributed by atoms with Crippen LogP contribution in [0.5, 0.6) is 0 Å². The zero-order chi connectivity index (χ0) is 21.3. The molecular weight excluding hydrogens is 403 g/mol. The molecule has 0 spiro atoms. The van der Waals surface area contributed by atoms with Crippen molar-refractivity contribution >= 4 is 39.8 Å². The number of nitrogens with zero attached hydrogens (tertiary/aromatic N) is 2. The monoisotopic (exact) mass is 422 g/mol. The van der Waals surface area contributed by atoms with Crippen LogP contribution in [0.25, 0.3) is 10.8 Å². The summed E-state index contributed by atoms with van der Waals surface area (Å²) in [5.74, 6) is -0.385. The molecule has 0 aliphatic heterocycles. The van der Waals surface area contributed by atoms with Crippen LogP contribution in [0, 0.1) is 19.7 Å². The maximum absolute atomic E-state index is 13.3. The Morgan fingerprint density at radius 2 is 1.83 bits per heavy atom. The first-order valence-corrected chi connectivity index (χ1v) is 9.84. The molecule has 5 nitrogen and oxygen atoms in total. The van der Waals surface area contributed by atoms with Gasteiger partial charge in [-0.3, -0.25) is 4.68 Å². The lowest BCUT2D eigenvalue weighted by molar-refractivity contribution is 0.262. The van der Waals surface area contributed by atoms with E-state index in [1.54, 1.807) is 10.7 Å². The second-order valence-corrected chi connectivity index (χ2v) is 7.45. The minimum atomic E-state index is -0.385. The Kier molecular flexibility index (Phi) is 5.42. The maximum atomic E-state index is 13.3. The van der Waals surface area contributed by atoms with Crippen molar-refractivity contribution in [1.29, 1.82) is 0 Å². The molecule has 4 aromatic rings. The normalized spacial score (nSPS) is 10.9. The summed E-state index contributed by atoms with van der Waals surface area (Å²) in [4.78, 5) is 12.7. The molecule has 0 bridgehead atoms. The third kappa shape index (κ3) is 4.00. The zero-order valence-corrected chi connectivity index (χ0v) is 17.3. The van der Waals surface area contributed by atoms with Crippen molar-refractivity contribution in [3.05, 3.63) is 88.5 Å². The zero-order valence-electron chi connectivity index (χ0n) is 16.5. The highest BCUT2D eigenvalue weighted by atomic mass is 35.5. The van der Waals surface area contributed by atoms with E-state index in [1.807, 2.05) is 56.3 Å². The van der Waals surface area contributed by atoms with Crippen LogP contribution < -0.4 is 10.6 Å². The van der Waals surface area contributed by atoms with Gasteiger partial charge in [0.2, 0.25) is 0 Å². The third-order valence-corrected chi connectivity index (χ3v) is 5.34. The number of aryl methyl sites for hydroxylation is 1. The molecule has 0 aliphatic carbocycles. The molecule has 7 heteroatoms. The van der Waals surface area contributed by atoms with Crippen molar-refractivity contribution in [1.82, 2.24) is 9.78 Å². The number of hydrogen-bond donors (Lipinski definition) is 2. The minimum Gasteiger partial charge on any atom is -0.307 e. The number of rotatable bonds is 4. The Labute approximate surface area is 178 Å². The number of halogens is 2. The Bertz CT molecular complexity index is 1250. The smallest absolute Gasteiger partial charge is 0.307 e. The molecule has 1 heterocycles. The summed E-state index contributed by atoms with van der Waals surface area (Å²) < 4.78 is 15.0. The number of amides is 2. The number of urea groups is 1. The van der Waals surface area contributed by atoms with Crippen LogP contribution in [-0.4, -0.2) is 15.8 Å². The second-order valence-electron chi connectivity index (χ2n) is 7.05. The van der Waals surface area contributed by atoms with E-state index in [0.717, 1.165) is 27.7 Å². The molecule has 0 atom stereocenters. The summed E-state index contributed by atoms with van der Waals surface area (Å²) in [6.07, 6.45) is 0. The molecular formula is C23H20ClFN4O. The maximum Gasteiger partial charge on any atom is 0.323 e. The molecule has 0 unspecified atom stereocenters. The van der Waals surface area contributed by atoms with Crippen molar-refractivity contribution < 1.29 is 9.18 Å². The summed E-state index contributed by atoms with van der Waals surface area (Å²) in [7, 11) is 0. The number of carbonyl (C=O) groups is 1. The lowest BCUT2D eigenvalue weighted by atomic mass is 10.1. The fourth-order valence-electron chi connectivity index (χ4n) is 3.44. The molecule has 0 radical (unpaired) electrons. The van der Waals surface area contributed by atoms with E-state index >= 15 is 0 Å².